The molecule has 0 atom stereocenters. The van der Waals surface area contributed by atoms with Crippen LogP contribution >= 0.6 is 11.5 Å². The third-order valence-electron chi connectivity index (χ3n) is 2.21. The van der Waals surface area contributed by atoms with E-state index in [-0.39, 0.29) is 10.1 Å². The lowest BCUT2D eigenvalue weighted by atomic mass is 10.2. The standard InChI is InChI=1S/C8H5N3O5S/c1-9-8(12)7-5(11(15)16)2-4(10(13)14)3-6(7)17-9/h2-3H,1H3. The van der Waals surface area contributed by atoms with Gasteiger partial charge in [-0.25, -0.2) is 0 Å². The Bertz CT molecular complexity index is 701. The van der Waals surface area contributed by atoms with Crippen LogP contribution in [0.4, 0.5) is 11.4 Å². The number of fused-ring (bicyclic) bond motifs is 1. The molecule has 0 aliphatic heterocycles. The highest BCUT2D eigenvalue weighted by molar-refractivity contribution is 7.13. The van der Waals surface area contributed by atoms with Crippen LogP contribution in [0, 0.1) is 20.2 Å². The highest BCUT2D eigenvalue weighted by Gasteiger charge is 2.23. The quantitative estimate of drug-likeness (QED) is 0.595. The molecule has 1 aromatic carbocycles. The van der Waals surface area contributed by atoms with E-state index in [0.29, 0.717) is 0 Å². The molecule has 0 radical (unpaired) electrons. The number of benzene rings is 1. The molecule has 88 valence electrons. The van der Waals surface area contributed by atoms with Crippen molar-refractivity contribution in [1.29, 1.82) is 0 Å². The van der Waals surface area contributed by atoms with Gasteiger partial charge < -0.3 is 0 Å². The van der Waals surface area contributed by atoms with Gasteiger partial charge in [-0.2, -0.15) is 0 Å². The van der Waals surface area contributed by atoms with Gasteiger partial charge in [0.05, 0.1) is 20.6 Å². The molecule has 0 saturated heterocycles. The van der Waals surface area contributed by atoms with Gasteiger partial charge in [-0.15, -0.1) is 0 Å². The van der Waals surface area contributed by atoms with E-state index >= 15 is 0 Å². The molecule has 0 fully saturated rings. The summed E-state index contributed by atoms with van der Waals surface area (Å²) in [6.07, 6.45) is 0. The topological polar surface area (TPSA) is 108 Å². The molecule has 1 heterocycles. The molecule has 0 aliphatic rings. The van der Waals surface area contributed by atoms with E-state index in [1.54, 1.807) is 0 Å². The van der Waals surface area contributed by atoms with E-state index in [0.717, 1.165) is 23.7 Å². The number of nitrogens with zero attached hydrogens (tertiary/aromatic N) is 3. The Morgan fingerprint density at radius 2 is 1.88 bits per heavy atom. The van der Waals surface area contributed by atoms with Gasteiger partial charge in [0.15, 0.2) is 0 Å². The second-order valence-electron chi connectivity index (χ2n) is 3.25. The molecule has 0 amide bonds. The van der Waals surface area contributed by atoms with Gasteiger partial charge in [-0.05, 0) is 0 Å². The van der Waals surface area contributed by atoms with E-state index in [2.05, 4.69) is 0 Å². The maximum absolute atomic E-state index is 11.6. The number of aromatic nitrogens is 1. The fourth-order valence-corrected chi connectivity index (χ4v) is 2.40. The van der Waals surface area contributed by atoms with Gasteiger partial charge in [0.2, 0.25) is 0 Å². The summed E-state index contributed by atoms with van der Waals surface area (Å²) in [4.78, 5) is 31.5. The molecule has 17 heavy (non-hydrogen) atoms. The Labute approximate surface area is 97.2 Å². The average molecular weight is 255 g/mol. The molecule has 0 N–H and O–H groups in total. The number of nitro benzene ring substituents is 2. The predicted molar refractivity (Wildman–Crippen MR) is 60.4 cm³/mol. The third-order valence-corrected chi connectivity index (χ3v) is 3.17. The normalized spacial score (nSPS) is 10.6. The Morgan fingerprint density at radius 3 is 2.41 bits per heavy atom. The van der Waals surface area contributed by atoms with Gasteiger partial charge in [-0.1, -0.05) is 11.5 Å². The molecule has 1 aromatic heterocycles. The van der Waals surface area contributed by atoms with Crippen LogP contribution in [-0.4, -0.2) is 13.8 Å². The summed E-state index contributed by atoms with van der Waals surface area (Å²) in [5.41, 5.74) is -1.45. The Balaban J connectivity index is 2.96. The summed E-state index contributed by atoms with van der Waals surface area (Å²) in [7, 11) is 1.45. The predicted octanol–water partition coefficient (Wildman–Crippen LogP) is 1.42. The van der Waals surface area contributed by atoms with Crippen molar-refractivity contribution in [2.75, 3.05) is 0 Å². The van der Waals surface area contributed by atoms with Gasteiger partial charge in [0.25, 0.3) is 16.9 Å². The maximum atomic E-state index is 11.6. The zero-order chi connectivity index (χ0) is 12.7. The fraction of sp³-hybridized carbons (Fsp3) is 0.125. The molecular weight excluding hydrogens is 250 g/mol. The number of hydrogen-bond acceptors (Lipinski definition) is 6. The van der Waals surface area contributed by atoms with Gasteiger partial charge in [0.1, 0.15) is 5.39 Å². The lowest BCUT2D eigenvalue weighted by Gasteiger charge is -1.93. The molecule has 0 bridgehead atoms. The number of nitro groups is 2. The SMILES string of the molecule is Cn1sc2cc([N+](=O)[O-])cc([N+](=O)[O-])c2c1=O. The summed E-state index contributed by atoms with van der Waals surface area (Å²) in [5, 5.41) is 21.3. The molecule has 0 aliphatic carbocycles. The van der Waals surface area contributed by atoms with Gasteiger partial charge in [-0.3, -0.25) is 29.0 Å². The molecule has 8 nitrogen and oxygen atoms in total. The largest absolute Gasteiger partial charge is 0.290 e. The third kappa shape index (κ3) is 1.65. The Morgan fingerprint density at radius 1 is 1.24 bits per heavy atom. The van der Waals surface area contributed by atoms with E-state index in [4.69, 9.17) is 0 Å². The number of hydrogen-bond donors (Lipinski definition) is 0. The second-order valence-corrected chi connectivity index (χ2v) is 4.42. The molecule has 0 unspecified atom stereocenters. The smallest absolute Gasteiger partial charge is 0.267 e. The first-order valence-corrected chi connectivity index (χ1v) is 5.12. The van der Waals surface area contributed by atoms with Crippen molar-refractivity contribution in [3.63, 3.8) is 0 Å². The summed E-state index contributed by atoms with van der Waals surface area (Å²) in [6, 6.07) is 1.96. The van der Waals surface area contributed by atoms with Crippen LogP contribution in [0.15, 0.2) is 16.9 Å². The van der Waals surface area contributed by atoms with E-state index in [9.17, 15) is 25.0 Å². The second kappa shape index (κ2) is 3.63. The summed E-state index contributed by atoms with van der Waals surface area (Å²) in [5.74, 6) is 0. The van der Waals surface area contributed by atoms with Crippen molar-refractivity contribution in [3.05, 3.63) is 42.7 Å². The van der Waals surface area contributed by atoms with Crippen molar-refractivity contribution < 1.29 is 9.85 Å². The first kappa shape index (κ1) is 11.2. The van der Waals surface area contributed by atoms with Crippen LogP contribution in [0.3, 0.4) is 0 Å². The number of aryl methyl sites for hydroxylation is 1. The Kier molecular flexibility index (Phi) is 2.39. The van der Waals surface area contributed by atoms with Crippen LogP contribution in [-0.2, 0) is 7.05 Å². The van der Waals surface area contributed by atoms with Crippen LogP contribution in [0.25, 0.3) is 10.1 Å². The minimum absolute atomic E-state index is 0.0897. The van der Waals surface area contributed by atoms with Crippen LogP contribution in [0.5, 0.6) is 0 Å². The summed E-state index contributed by atoms with van der Waals surface area (Å²) >= 11 is 0.937. The highest BCUT2D eigenvalue weighted by atomic mass is 32.1. The van der Waals surface area contributed by atoms with Gasteiger partial charge in [0, 0.05) is 13.1 Å². The highest BCUT2D eigenvalue weighted by Crippen LogP contribution is 2.31. The zero-order valence-corrected chi connectivity index (χ0v) is 9.26. The van der Waals surface area contributed by atoms with Crippen LogP contribution < -0.4 is 5.56 Å². The monoisotopic (exact) mass is 255 g/mol. The number of rotatable bonds is 2. The molecule has 2 rings (SSSR count). The average Bonchev–Trinajstić information content (AvgIpc) is 2.53. The van der Waals surface area contributed by atoms with E-state index in [1.807, 2.05) is 0 Å². The molecule has 0 saturated carbocycles. The summed E-state index contributed by atoms with van der Waals surface area (Å²) < 4.78 is 1.43. The van der Waals surface area contributed by atoms with Crippen molar-refractivity contribution in [2.24, 2.45) is 7.05 Å². The van der Waals surface area contributed by atoms with Crippen molar-refractivity contribution in [3.8, 4) is 0 Å². The minimum Gasteiger partial charge on any atom is -0.267 e. The molecule has 0 spiro atoms. The van der Waals surface area contributed by atoms with Crippen molar-refractivity contribution in [1.82, 2.24) is 3.96 Å². The van der Waals surface area contributed by atoms with Crippen molar-refractivity contribution >= 4 is 33.0 Å². The molecule has 2 aromatic rings. The maximum Gasteiger partial charge on any atom is 0.290 e. The van der Waals surface area contributed by atoms with Crippen LogP contribution in [0.1, 0.15) is 0 Å². The minimum atomic E-state index is -0.788. The van der Waals surface area contributed by atoms with Crippen molar-refractivity contribution in [2.45, 2.75) is 0 Å². The van der Waals surface area contributed by atoms with E-state index in [1.165, 1.54) is 11.0 Å². The first-order chi connectivity index (χ1) is 7.91. The first-order valence-electron chi connectivity index (χ1n) is 4.34. The van der Waals surface area contributed by atoms with Crippen LogP contribution in [0.2, 0.25) is 0 Å². The molecule has 9 heteroatoms. The summed E-state index contributed by atoms with van der Waals surface area (Å²) in [6.45, 7) is 0. The lowest BCUT2D eigenvalue weighted by Crippen LogP contribution is -2.09. The zero-order valence-electron chi connectivity index (χ0n) is 8.45. The fourth-order valence-electron chi connectivity index (χ4n) is 1.47. The molecular formula is C8H5N3O5S. The lowest BCUT2D eigenvalue weighted by molar-refractivity contribution is -0.393. The Hall–Kier alpha value is -2.29. The number of non-ortho nitro benzene ring substituents is 2. The van der Waals surface area contributed by atoms with E-state index < -0.39 is 26.8 Å². The van der Waals surface area contributed by atoms with Gasteiger partial charge >= 0.3 is 0 Å².